The summed E-state index contributed by atoms with van der Waals surface area (Å²) in [4.78, 5) is 13.5. The van der Waals surface area contributed by atoms with Crippen LogP contribution in [-0.4, -0.2) is 30.1 Å². The zero-order valence-electron chi connectivity index (χ0n) is 10.4. The molecule has 0 radical (unpaired) electrons. The maximum atomic E-state index is 13.7. The number of benzene rings is 1. The van der Waals surface area contributed by atoms with E-state index in [9.17, 15) is 9.18 Å². The summed E-state index contributed by atoms with van der Waals surface area (Å²) in [6, 6.07) is 6.18. The molecule has 0 aliphatic carbocycles. The van der Waals surface area contributed by atoms with Gasteiger partial charge in [-0.05, 0) is 26.0 Å². The van der Waals surface area contributed by atoms with Crippen molar-refractivity contribution >= 4 is 6.03 Å². The van der Waals surface area contributed by atoms with E-state index in [-0.39, 0.29) is 23.9 Å². The van der Waals surface area contributed by atoms with Gasteiger partial charge in [-0.1, -0.05) is 18.2 Å². The number of nitrogens with zero attached hydrogens (tertiary/aromatic N) is 1. The third-order valence-corrected chi connectivity index (χ3v) is 3.33. The number of hydrogen-bond acceptors (Lipinski definition) is 2. The Morgan fingerprint density at radius 1 is 1.56 bits per heavy atom. The molecule has 18 heavy (non-hydrogen) atoms. The average molecular weight is 251 g/mol. The predicted molar refractivity (Wildman–Crippen MR) is 67.5 cm³/mol. The van der Waals surface area contributed by atoms with Crippen LogP contribution in [0.4, 0.5) is 9.18 Å². The van der Waals surface area contributed by atoms with E-state index in [2.05, 4.69) is 5.32 Å². The Kier molecular flexibility index (Phi) is 3.81. The van der Waals surface area contributed by atoms with Crippen molar-refractivity contribution in [3.05, 3.63) is 35.6 Å². The van der Waals surface area contributed by atoms with Crippen LogP contribution < -0.4 is 11.1 Å². The molecule has 1 aromatic carbocycles. The molecular formula is C13H18FN3O. The summed E-state index contributed by atoms with van der Waals surface area (Å²) >= 11 is 0. The first-order valence-electron chi connectivity index (χ1n) is 6.15. The Bertz CT molecular complexity index is 438. The second-order valence-corrected chi connectivity index (χ2v) is 4.60. The van der Waals surface area contributed by atoms with Gasteiger partial charge < -0.3 is 16.0 Å². The average Bonchev–Trinajstić information content (AvgIpc) is 2.72. The van der Waals surface area contributed by atoms with Gasteiger partial charge in [0.2, 0.25) is 0 Å². The Hall–Kier alpha value is -1.62. The van der Waals surface area contributed by atoms with Crippen molar-refractivity contribution in [1.82, 2.24) is 10.2 Å². The van der Waals surface area contributed by atoms with Crippen LogP contribution in [0.3, 0.4) is 0 Å². The second kappa shape index (κ2) is 5.35. The first kappa shape index (κ1) is 12.8. The zero-order valence-corrected chi connectivity index (χ0v) is 10.4. The smallest absolute Gasteiger partial charge is 0.318 e. The van der Waals surface area contributed by atoms with Gasteiger partial charge in [0.25, 0.3) is 0 Å². The van der Waals surface area contributed by atoms with Crippen molar-refractivity contribution in [2.75, 3.05) is 13.1 Å². The molecule has 1 aliphatic heterocycles. The lowest BCUT2D eigenvalue weighted by atomic mass is 10.1. The topological polar surface area (TPSA) is 58.4 Å². The Balaban J connectivity index is 2.11. The quantitative estimate of drug-likeness (QED) is 0.854. The molecule has 1 heterocycles. The molecule has 5 heteroatoms. The molecule has 0 aromatic heterocycles. The van der Waals surface area contributed by atoms with E-state index >= 15 is 0 Å². The molecule has 1 aromatic rings. The van der Waals surface area contributed by atoms with E-state index in [1.807, 2.05) is 6.92 Å². The maximum Gasteiger partial charge on any atom is 0.318 e. The highest BCUT2D eigenvalue weighted by Gasteiger charge is 2.33. The monoisotopic (exact) mass is 251 g/mol. The Labute approximate surface area is 106 Å². The van der Waals surface area contributed by atoms with Crippen LogP contribution in [0.25, 0.3) is 0 Å². The minimum absolute atomic E-state index is 0.0757. The number of halogens is 1. The van der Waals surface area contributed by atoms with Gasteiger partial charge in [-0.25, -0.2) is 9.18 Å². The van der Waals surface area contributed by atoms with E-state index in [1.54, 1.807) is 23.1 Å². The molecule has 1 saturated heterocycles. The number of urea groups is 1. The molecule has 1 fully saturated rings. The highest BCUT2D eigenvalue weighted by atomic mass is 19.1. The predicted octanol–water partition coefficient (Wildman–Crippen LogP) is 1.63. The second-order valence-electron chi connectivity index (χ2n) is 4.60. The van der Waals surface area contributed by atoms with Crippen LogP contribution in [-0.2, 0) is 0 Å². The lowest BCUT2D eigenvalue weighted by Crippen LogP contribution is -2.37. The molecule has 3 N–H and O–H groups in total. The lowest BCUT2D eigenvalue weighted by molar-refractivity contribution is 0.199. The van der Waals surface area contributed by atoms with Crippen LogP contribution in [0.2, 0.25) is 0 Å². The first-order valence-corrected chi connectivity index (χ1v) is 6.15. The van der Waals surface area contributed by atoms with Gasteiger partial charge in [-0.3, -0.25) is 0 Å². The maximum absolute atomic E-state index is 13.7. The highest BCUT2D eigenvalue weighted by molar-refractivity contribution is 5.77. The van der Waals surface area contributed by atoms with Gasteiger partial charge >= 0.3 is 6.03 Å². The van der Waals surface area contributed by atoms with Gasteiger partial charge in [-0.2, -0.15) is 0 Å². The fraction of sp³-hybridized carbons (Fsp3) is 0.462. The van der Waals surface area contributed by atoms with Crippen LogP contribution >= 0.6 is 0 Å². The Morgan fingerprint density at radius 2 is 2.28 bits per heavy atom. The molecule has 0 bridgehead atoms. The third-order valence-electron chi connectivity index (χ3n) is 3.33. The molecule has 2 unspecified atom stereocenters. The number of carbonyl (C=O) groups is 1. The van der Waals surface area contributed by atoms with Crippen molar-refractivity contribution in [2.45, 2.75) is 25.4 Å². The SMILES string of the molecule is CC(CCN)N1CC(c2ccccc2F)NC1=O. The van der Waals surface area contributed by atoms with Crippen LogP contribution in [0, 0.1) is 5.82 Å². The number of nitrogens with one attached hydrogen (secondary N) is 1. The van der Waals surface area contributed by atoms with Crippen molar-refractivity contribution in [1.29, 1.82) is 0 Å². The first-order chi connectivity index (χ1) is 8.63. The normalized spacial score (nSPS) is 20.9. The van der Waals surface area contributed by atoms with E-state index in [0.717, 1.165) is 6.42 Å². The van der Waals surface area contributed by atoms with Gasteiger partial charge in [0, 0.05) is 18.2 Å². The lowest BCUT2D eigenvalue weighted by Gasteiger charge is -2.22. The molecule has 0 saturated carbocycles. The fourth-order valence-electron chi connectivity index (χ4n) is 2.27. The summed E-state index contributed by atoms with van der Waals surface area (Å²) in [5.41, 5.74) is 6.03. The van der Waals surface area contributed by atoms with Crippen molar-refractivity contribution in [2.24, 2.45) is 5.73 Å². The fourth-order valence-corrected chi connectivity index (χ4v) is 2.27. The molecule has 2 amide bonds. The standard InChI is InChI=1S/C13H18FN3O/c1-9(6-7-15)17-8-12(16-13(17)18)10-4-2-3-5-11(10)14/h2-5,9,12H,6-8,15H2,1H3,(H,16,18). The van der Waals surface area contributed by atoms with Gasteiger partial charge in [0.05, 0.1) is 6.04 Å². The van der Waals surface area contributed by atoms with Gasteiger partial charge in [-0.15, -0.1) is 0 Å². The number of carbonyl (C=O) groups excluding carboxylic acids is 1. The van der Waals surface area contributed by atoms with E-state index in [1.165, 1.54) is 6.07 Å². The van der Waals surface area contributed by atoms with Crippen LogP contribution in [0.1, 0.15) is 24.9 Å². The van der Waals surface area contributed by atoms with Crippen LogP contribution in [0.5, 0.6) is 0 Å². The summed E-state index contributed by atoms with van der Waals surface area (Å²) in [7, 11) is 0. The highest BCUT2D eigenvalue weighted by Crippen LogP contribution is 2.24. The van der Waals surface area contributed by atoms with Crippen molar-refractivity contribution < 1.29 is 9.18 Å². The molecule has 98 valence electrons. The largest absolute Gasteiger partial charge is 0.330 e. The van der Waals surface area contributed by atoms with Crippen molar-refractivity contribution in [3.63, 3.8) is 0 Å². The molecular weight excluding hydrogens is 233 g/mol. The summed E-state index contributed by atoms with van der Waals surface area (Å²) in [5.74, 6) is -0.281. The minimum Gasteiger partial charge on any atom is -0.330 e. The van der Waals surface area contributed by atoms with Crippen molar-refractivity contribution in [3.8, 4) is 0 Å². The van der Waals surface area contributed by atoms with Gasteiger partial charge in [0.1, 0.15) is 5.82 Å². The third kappa shape index (κ3) is 2.46. The minimum atomic E-state index is -0.281. The zero-order chi connectivity index (χ0) is 13.1. The van der Waals surface area contributed by atoms with E-state index < -0.39 is 0 Å². The Morgan fingerprint density at radius 3 is 2.94 bits per heavy atom. The summed E-state index contributed by atoms with van der Waals surface area (Å²) in [5, 5.41) is 2.81. The summed E-state index contributed by atoms with van der Waals surface area (Å²) in [6.07, 6.45) is 0.747. The number of rotatable bonds is 4. The number of nitrogens with two attached hydrogens (primary N) is 1. The molecule has 1 aliphatic rings. The molecule has 0 spiro atoms. The van der Waals surface area contributed by atoms with Gasteiger partial charge in [0.15, 0.2) is 0 Å². The molecule has 2 rings (SSSR count). The van der Waals surface area contributed by atoms with E-state index in [0.29, 0.717) is 18.7 Å². The summed E-state index contributed by atoms with van der Waals surface area (Å²) < 4.78 is 13.7. The van der Waals surface area contributed by atoms with Crippen LogP contribution in [0.15, 0.2) is 24.3 Å². The molecule has 4 nitrogen and oxygen atoms in total. The summed E-state index contributed by atoms with van der Waals surface area (Å²) in [6.45, 7) is 2.98. The number of hydrogen-bond donors (Lipinski definition) is 2. The van der Waals surface area contributed by atoms with E-state index in [4.69, 9.17) is 5.73 Å². The molecule has 2 atom stereocenters. The number of amides is 2.